The lowest BCUT2D eigenvalue weighted by atomic mass is 9.80. The highest BCUT2D eigenvalue weighted by Crippen LogP contribution is 2.36. The third kappa shape index (κ3) is 2.82. The zero-order chi connectivity index (χ0) is 13.9. The third-order valence-corrected chi connectivity index (χ3v) is 6.87. The van der Waals surface area contributed by atoms with Crippen molar-refractivity contribution in [2.24, 2.45) is 0 Å². The summed E-state index contributed by atoms with van der Waals surface area (Å²) in [5, 5.41) is 3.40. The molecule has 0 atom stereocenters. The average Bonchev–Trinajstić information content (AvgIpc) is 2.41. The van der Waals surface area contributed by atoms with Crippen LogP contribution in [0, 0.1) is 0 Å². The molecule has 0 unspecified atom stereocenters. The van der Waals surface area contributed by atoms with Crippen molar-refractivity contribution in [1.82, 2.24) is 13.9 Å². The van der Waals surface area contributed by atoms with Crippen molar-refractivity contribution in [2.45, 2.75) is 51.5 Å². The van der Waals surface area contributed by atoms with E-state index in [0.717, 1.165) is 38.8 Å². The Labute approximate surface area is 117 Å². The molecule has 2 rings (SSSR count). The van der Waals surface area contributed by atoms with Gasteiger partial charge in [-0.05, 0) is 12.8 Å². The van der Waals surface area contributed by atoms with Gasteiger partial charge in [-0.15, -0.1) is 0 Å². The van der Waals surface area contributed by atoms with Gasteiger partial charge in [0.15, 0.2) is 0 Å². The van der Waals surface area contributed by atoms with Gasteiger partial charge in [0.25, 0.3) is 10.2 Å². The molecule has 5 nitrogen and oxygen atoms in total. The first kappa shape index (κ1) is 15.2. The van der Waals surface area contributed by atoms with Crippen LogP contribution in [0.5, 0.6) is 0 Å². The smallest absolute Gasteiger partial charge is 0.282 e. The lowest BCUT2D eigenvalue weighted by molar-refractivity contribution is 0.0941. The standard InChI is InChI=1S/C13H27N3O2S/c1-3-15(4-2)19(17,18)16-11-10-14-12-13(16)8-6-5-7-9-13/h14H,3-12H2,1-2H3. The number of rotatable bonds is 4. The molecular formula is C13H27N3O2S. The summed E-state index contributed by atoms with van der Waals surface area (Å²) in [6, 6.07) is 0. The molecule has 1 saturated heterocycles. The fraction of sp³-hybridized carbons (Fsp3) is 1.00. The van der Waals surface area contributed by atoms with Crippen LogP contribution in [-0.2, 0) is 10.2 Å². The van der Waals surface area contributed by atoms with Gasteiger partial charge in [0.2, 0.25) is 0 Å². The first-order valence-electron chi connectivity index (χ1n) is 7.55. The largest absolute Gasteiger partial charge is 0.314 e. The van der Waals surface area contributed by atoms with E-state index in [2.05, 4.69) is 5.32 Å². The van der Waals surface area contributed by atoms with Crippen molar-refractivity contribution in [3.8, 4) is 0 Å². The molecule has 0 aromatic carbocycles. The maximum Gasteiger partial charge on any atom is 0.282 e. The van der Waals surface area contributed by atoms with Crippen molar-refractivity contribution < 1.29 is 8.42 Å². The first-order chi connectivity index (χ1) is 9.07. The van der Waals surface area contributed by atoms with Gasteiger partial charge in [-0.2, -0.15) is 17.0 Å². The Hall–Kier alpha value is -0.170. The lowest BCUT2D eigenvalue weighted by Gasteiger charge is -2.49. The van der Waals surface area contributed by atoms with Crippen LogP contribution in [0.3, 0.4) is 0 Å². The van der Waals surface area contributed by atoms with Crippen LogP contribution >= 0.6 is 0 Å². The maximum atomic E-state index is 12.8. The molecule has 0 radical (unpaired) electrons. The molecule has 0 aromatic rings. The van der Waals surface area contributed by atoms with E-state index in [9.17, 15) is 8.42 Å². The molecule has 6 heteroatoms. The van der Waals surface area contributed by atoms with Gasteiger partial charge in [-0.1, -0.05) is 33.1 Å². The SMILES string of the molecule is CCN(CC)S(=O)(=O)N1CCNCC12CCCCC2. The van der Waals surface area contributed by atoms with Crippen LogP contribution in [-0.4, -0.2) is 55.3 Å². The number of nitrogens with zero attached hydrogens (tertiary/aromatic N) is 2. The fourth-order valence-electron chi connectivity index (χ4n) is 3.51. The molecule has 2 aliphatic rings. The second-order valence-electron chi connectivity index (χ2n) is 5.63. The van der Waals surface area contributed by atoms with Crippen LogP contribution in [0.1, 0.15) is 46.0 Å². The molecule has 1 spiro atoms. The van der Waals surface area contributed by atoms with Crippen molar-refractivity contribution in [2.75, 3.05) is 32.7 Å². The lowest BCUT2D eigenvalue weighted by Crippen LogP contribution is -2.65. The van der Waals surface area contributed by atoms with Crippen LogP contribution in [0.2, 0.25) is 0 Å². The zero-order valence-electron chi connectivity index (χ0n) is 12.2. The molecule has 1 aliphatic heterocycles. The highest BCUT2D eigenvalue weighted by atomic mass is 32.2. The van der Waals surface area contributed by atoms with Crippen molar-refractivity contribution in [1.29, 1.82) is 0 Å². The average molecular weight is 289 g/mol. The Morgan fingerprint density at radius 3 is 2.37 bits per heavy atom. The summed E-state index contributed by atoms with van der Waals surface area (Å²) in [6.07, 6.45) is 5.53. The Kier molecular flexibility index (Phi) is 4.87. The predicted molar refractivity (Wildman–Crippen MR) is 77.2 cm³/mol. The van der Waals surface area contributed by atoms with Crippen molar-refractivity contribution in [3.63, 3.8) is 0 Å². The van der Waals surface area contributed by atoms with E-state index in [1.54, 1.807) is 4.31 Å². The highest BCUT2D eigenvalue weighted by Gasteiger charge is 2.46. The van der Waals surface area contributed by atoms with E-state index >= 15 is 0 Å². The van der Waals surface area contributed by atoms with Crippen LogP contribution in [0.4, 0.5) is 0 Å². The Balaban J connectivity index is 2.28. The summed E-state index contributed by atoms with van der Waals surface area (Å²) in [4.78, 5) is 0. The molecule has 2 fully saturated rings. The summed E-state index contributed by atoms with van der Waals surface area (Å²) in [7, 11) is -3.31. The fourth-order valence-corrected chi connectivity index (χ4v) is 5.50. The Bertz CT molecular complexity index is 378. The van der Waals surface area contributed by atoms with E-state index in [0.29, 0.717) is 19.6 Å². The second-order valence-corrected chi connectivity index (χ2v) is 7.48. The topological polar surface area (TPSA) is 52.7 Å². The monoisotopic (exact) mass is 289 g/mol. The Morgan fingerprint density at radius 2 is 1.79 bits per heavy atom. The predicted octanol–water partition coefficient (Wildman–Crippen LogP) is 1.18. The summed E-state index contributed by atoms with van der Waals surface area (Å²) in [5.74, 6) is 0. The van der Waals surface area contributed by atoms with Crippen LogP contribution in [0.15, 0.2) is 0 Å². The van der Waals surface area contributed by atoms with E-state index in [4.69, 9.17) is 0 Å². The molecular weight excluding hydrogens is 262 g/mol. The van der Waals surface area contributed by atoms with Crippen molar-refractivity contribution in [3.05, 3.63) is 0 Å². The molecule has 1 aliphatic carbocycles. The van der Waals surface area contributed by atoms with E-state index in [-0.39, 0.29) is 5.54 Å². The molecule has 1 N–H and O–H groups in total. The summed E-state index contributed by atoms with van der Waals surface area (Å²) in [6.45, 7) is 7.12. The van der Waals surface area contributed by atoms with Gasteiger partial charge in [-0.3, -0.25) is 0 Å². The molecule has 1 heterocycles. The minimum absolute atomic E-state index is 0.169. The quantitative estimate of drug-likeness (QED) is 0.845. The number of hydrogen-bond donors (Lipinski definition) is 1. The molecule has 0 amide bonds. The maximum absolute atomic E-state index is 12.8. The van der Waals surface area contributed by atoms with E-state index in [1.807, 2.05) is 18.2 Å². The molecule has 0 bridgehead atoms. The summed E-state index contributed by atoms with van der Waals surface area (Å²) < 4.78 is 29.1. The minimum Gasteiger partial charge on any atom is -0.314 e. The van der Waals surface area contributed by atoms with Crippen LogP contribution < -0.4 is 5.32 Å². The van der Waals surface area contributed by atoms with Gasteiger partial charge < -0.3 is 5.32 Å². The second kappa shape index (κ2) is 6.08. The van der Waals surface area contributed by atoms with E-state index < -0.39 is 10.2 Å². The zero-order valence-corrected chi connectivity index (χ0v) is 13.0. The summed E-state index contributed by atoms with van der Waals surface area (Å²) >= 11 is 0. The van der Waals surface area contributed by atoms with Gasteiger partial charge >= 0.3 is 0 Å². The van der Waals surface area contributed by atoms with Crippen molar-refractivity contribution >= 4 is 10.2 Å². The Morgan fingerprint density at radius 1 is 1.16 bits per heavy atom. The van der Waals surface area contributed by atoms with Crippen LogP contribution in [0.25, 0.3) is 0 Å². The molecule has 1 saturated carbocycles. The van der Waals surface area contributed by atoms with Gasteiger partial charge in [-0.25, -0.2) is 0 Å². The number of piperazine rings is 1. The molecule has 112 valence electrons. The van der Waals surface area contributed by atoms with Gasteiger partial charge in [0.1, 0.15) is 0 Å². The number of hydrogen-bond acceptors (Lipinski definition) is 3. The number of nitrogens with one attached hydrogen (secondary N) is 1. The molecule has 19 heavy (non-hydrogen) atoms. The normalized spacial score (nSPS) is 25.0. The van der Waals surface area contributed by atoms with Gasteiger partial charge in [0, 0.05) is 38.3 Å². The van der Waals surface area contributed by atoms with Gasteiger partial charge in [0.05, 0.1) is 0 Å². The highest BCUT2D eigenvalue weighted by molar-refractivity contribution is 7.86. The first-order valence-corrected chi connectivity index (χ1v) is 8.95. The summed E-state index contributed by atoms with van der Waals surface area (Å²) in [5.41, 5.74) is -0.169. The molecule has 0 aromatic heterocycles. The minimum atomic E-state index is -3.31. The van der Waals surface area contributed by atoms with E-state index in [1.165, 1.54) is 6.42 Å². The third-order valence-electron chi connectivity index (χ3n) is 4.57.